The lowest BCUT2D eigenvalue weighted by molar-refractivity contribution is -0.137. The molecule has 3 rings (SSSR count). The molecule has 0 radical (unpaired) electrons. The summed E-state index contributed by atoms with van der Waals surface area (Å²) in [5.41, 5.74) is 3.97. The summed E-state index contributed by atoms with van der Waals surface area (Å²) >= 11 is 0. The van der Waals surface area contributed by atoms with E-state index < -0.39 is 30.6 Å². The summed E-state index contributed by atoms with van der Waals surface area (Å²) in [7, 11) is 0. The van der Waals surface area contributed by atoms with Gasteiger partial charge in [0.1, 0.15) is 12.8 Å². The van der Waals surface area contributed by atoms with Crippen molar-refractivity contribution in [2.24, 2.45) is 0 Å². The van der Waals surface area contributed by atoms with Crippen molar-refractivity contribution in [1.82, 2.24) is 10.6 Å². The first-order valence-corrected chi connectivity index (χ1v) is 9.99. The number of anilines is 1. The number of carboxylic acids is 1. The van der Waals surface area contributed by atoms with Gasteiger partial charge in [-0.1, -0.05) is 54.6 Å². The van der Waals surface area contributed by atoms with E-state index in [4.69, 9.17) is 5.11 Å². The third kappa shape index (κ3) is 6.16. The van der Waals surface area contributed by atoms with E-state index in [2.05, 4.69) is 16.7 Å². The standard InChI is InChI=1S/C23H25N3O5/c27-20(24-13-21(28)25-14-23(30)31)11-12-22(29)26-15-18-7-2-1-5-16(18)9-10-17-6-3-4-8-19(17)26/h1-10,22,29H,11-15H2,(H,24,27)(H,25,28)(H,30,31)/b10-9-. The van der Waals surface area contributed by atoms with Crippen molar-refractivity contribution in [1.29, 1.82) is 0 Å². The minimum Gasteiger partial charge on any atom is -0.480 e. The molecule has 8 heteroatoms. The summed E-state index contributed by atoms with van der Waals surface area (Å²) in [5.74, 6) is -2.14. The van der Waals surface area contributed by atoms with Gasteiger partial charge in [0, 0.05) is 25.1 Å². The minimum atomic E-state index is -1.16. The Morgan fingerprint density at radius 2 is 1.55 bits per heavy atom. The lowest BCUT2D eigenvalue weighted by atomic mass is 10.0. The van der Waals surface area contributed by atoms with E-state index in [1.807, 2.05) is 59.5 Å². The van der Waals surface area contributed by atoms with Gasteiger partial charge in [-0.05, 0) is 22.8 Å². The van der Waals surface area contributed by atoms with E-state index in [9.17, 15) is 19.5 Å². The number of aliphatic hydroxyl groups is 1. The third-order valence-electron chi connectivity index (χ3n) is 4.96. The number of nitrogens with one attached hydrogen (secondary N) is 2. The Morgan fingerprint density at radius 1 is 0.903 bits per heavy atom. The molecular weight excluding hydrogens is 398 g/mol. The smallest absolute Gasteiger partial charge is 0.322 e. The number of carboxylic acid groups (broad SMARTS) is 1. The van der Waals surface area contributed by atoms with Gasteiger partial charge in [-0.2, -0.15) is 0 Å². The second-order valence-electron chi connectivity index (χ2n) is 7.19. The minimum absolute atomic E-state index is 0.0174. The molecule has 0 saturated carbocycles. The Balaban J connectivity index is 1.63. The number of rotatable bonds is 8. The zero-order valence-corrected chi connectivity index (χ0v) is 17.0. The summed E-state index contributed by atoms with van der Waals surface area (Å²) in [4.78, 5) is 35.9. The summed E-state index contributed by atoms with van der Waals surface area (Å²) in [5, 5.41) is 24.1. The second kappa shape index (κ2) is 10.4. The molecule has 0 saturated heterocycles. The summed E-state index contributed by atoms with van der Waals surface area (Å²) in [6, 6.07) is 15.7. The largest absolute Gasteiger partial charge is 0.480 e. The van der Waals surface area contributed by atoms with Crippen LogP contribution in [0, 0.1) is 0 Å². The van der Waals surface area contributed by atoms with Gasteiger partial charge >= 0.3 is 5.97 Å². The number of carbonyl (C=O) groups is 3. The molecule has 0 aliphatic carbocycles. The molecule has 1 aliphatic heterocycles. The highest BCUT2D eigenvalue weighted by Crippen LogP contribution is 2.30. The number of amides is 2. The number of fused-ring (bicyclic) bond motifs is 2. The van der Waals surface area contributed by atoms with Crippen LogP contribution in [-0.2, 0) is 20.9 Å². The average molecular weight is 423 g/mol. The number of aliphatic carboxylic acids is 1. The van der Waals surface area contributed by atoms with Crippen LogP contribution in [0.1, 0.15) is 29.5 Å². The molecule has 2 amide bonds. The fourth-order valence-electron chi connectivity index (χ4n) is 3.36. The molecule has 1 aliphatic rings. The first-order chi connectivity index (χ1) is 14.9. The van der Waals surface area contributed by atoms with E-state index in [1.165, 1.54) is 0 Å². The fourth-order valence-corrected chi connectivity index (χ4v) is 3.36. The highest BCUT2D eigenvalue weighted by Gasteiger charge is 2.22. The molecule has 0 fully saturated rings. The van der Waals surface area contributed by atoms with Gasteiger partial charge in [-0.25, -0.2) is 0 Å². The quantitative estimate of drug-likeness (QED) is 0.512. The SMILES string of the molecule is O=C(O)CNC(=O)CNC(=O)CCC(O)N1Cc2ccccc2/C=C\c2ccccc21. The Hall–Kier alpha value is -3.65. The first-order valence-electron chi connectivity index (χ1n) is 9.99. The zero-order chi connectivity index (χ0) is 22.2. The highest BCUT2D eigenvalue weighted by atomic mass is 16.4. The molecule has 0 spiro atoms. The van der Waals surface area contributed by atoms with Crippen LogP contribution in [0.3, 0.4) is 0 Å². The maximum atomic E-state index is 12.1. The Labute approximate surface area is 180 Å². The molecule has 1 atom stereocenters. The number of benzene rings is 2. The molecule has 1 heterocycles. The molecular formula is C23H25N3O5. The number of carbonyl (C=O) groups excluding carboxylic acids is 2. The Morgan fingerprint density at radius 3 is 2.32 bits per heavy atom. The Kier molecular flexibility index (Phi) is 7.40. The molecule has 1 unspecified atom stereocenters. The maximum Gasteiger partial charge on any atom is 0.322 e. The van der Waals surface area contributed by atoms with Gasteiger partial charge < -0.3 is 25.7 Å². The van der Waals surface area contributed by atoms with Crippen LogP contribution in [0.5, 0.6) is 0 Å². The third-order valence-corrected chi connectivity index (χ3v) is 4.96. The summed E-state index contributed by atoms with van der Waals surface area (Å²) < 4.78 is 0. The predicted molar refractivity (Wildman–Crippen MR) is 117 cm³/mol. The van der Waals surface area contributed by atoms with Crippen molar-refractivity contribution in [3.63, 3.8) is 0 Å². The normalized spacial score (nSPS) is 14.3. The molecule has 162 valence electrons. The lowest BCUT2D eigenvalue weighted by Gasteiger charge is -2.33. The van der Waals surface area contributed by atoms with E-state index in [0.717, 1.165) is 22.4 Å². The molecule has 0 aromatic heterocycles. The highest BCUT2D eigenvalue weighted by molar-refractivity contribution is 5.86. The monoisotopic (exact) mass is 423 g/mol. The molecule has 8 nitrogen and oxygen atoms in total. The van der Waals surface area contributed by atoms with Crippen LogP contribution in [0.25, 0.3) is 12.2 Å². The van der Waals surface area contributed by atoms with Crippen molar-refractivity contribution in [3.05, 3.63) is 65.2 Å². The van der Waals surface area contributed by atoms with Gasteiger partial charge in [-0.3, -0.25) is 14.4 Å². The van der Waals surface area contributed by atoms with Crippen LogP contribution < -0.4 is 15.5 Å². The summed E-state index contributed by atoms with van der Waals surface area (Å²) in [6.45, 7) is -0.331. The van der Waals surface area contributed by atoms with Gasteiger partial charge in [0.05, 0.1) is 6.54 Å². The number of aliphatic hydroxyl groups excluding tert-OH is 1. The van der Waals surface area contributed by atoms with E-state index in [-0.39, 0.29) is 19.4 Å². The van der Waals surface area contributed by atoms with Crippen LogP contribution in [0.15, 0.2) is 48.5 Å². The van der Waals surface area contributed by atoms with Gasteiger partial charge in [0.25, 0.3) is 0 Å². The maximum absolute atomic E-state index is 12.1. The lowest BCUT2D eigenvalue weighted by Crippen LogP contribution is -2.40. The van der Waals surface area contributed by atoms with Crippen LogP contribution in [0.2, 0.25) is 0 Å². The zero-order valence-electron chi connectivity index (χ0n) is 17.0. The summed E-state index contributed by atoms with van der Waals surface area (Å²) in [6.07, 6.45) is 3.34. The Bertz CT molecular complexity index is 989. The van der Waals surface area contributed by atoms with Crippen LogP contribution >= 0.6 is 0 Å². The van der Waals surface area contributed by atoms with Gasteiger partial charge in [0.2, 0.25) is 11.8 Å². The average Bonchev–Trinajstić information content (AvgIpc) is 2.76. The van der Waals surface area contributed by atoms with Crippen LogP contribution in [0.4, 0.5) is 5.69 Å². The first kappa shape index (κ1) is 22.0. The van der Waals surface area contributed by atoms with E-state index in [1.54, 1.807) is 0 Å². The number of hydrogen-bond donors (Lipinski definition) is 4. The number of nitrogens with zero attached hydrogens (tertiary/aromatic N) is 1. The van der Waals surface area contributed by atoms with E-state index >= 15 is 0 Å². The van der Waals surface area contributed by atoms with Gasteiger partial charge in [-0.15, -0.1) is 0 Å². The second-order valence-corrected chi connectivity index (χ2v) is 7.19. The van der Waals surface area contributed by atoms with Crippen LogP contribution in [-0.4, -0.2) is 47.3 Å². The molecule has 2 aromatic rings. The van der Waals surface area contributed by atoms with Crippen molar-refractivity contribution in [2.45, 2.75) is 25.6 Å². The van der Waals surface area contributed by atoms with Crippen molar-refractivity contribution in [3.8, 4) is 0 Å². The van der Waals surface area contributed by atoms with Gasteiger partial charge in [0.15, 0.2) is 0 Å². The van der Waals surface area contributed by atoms with Crippen molar-refractivity contribution < 1.29 is 24.6 Å². The van der Waals surface area contributed by atoms with E-state index in [0.29, 0.717) is 6.54 Å². The fraction of sp³-hybridized carbons (Fsp3) is 0.261. The molecule has 2 aromatic carbocycles. The topological polar surface area (TPSA) is 119 Å². The number of hydrogen-bond acceptors (Lipinski definition) is 5. The molecule has 31 heavy (non-hydrogen) atoms. The number of para-hydroxylation sites is 1. The van der Waals surface area contributed by atoms with Crippen molar-refractivity contribution in [2.75, 3.05) is 18.0 Å². The van der Waals surface area contributed by atoms with Crippen molar-refractivity contribution >= 4 is 35.6 Å². The molecule has 0 bridgehead atoms. The predicted octanol–water partition coefficient (Wildman–Crippen LogP) is 1.59. The molecule has 4 N–H and O–H groups in total.